The van der Waals surface area contributed by atoms with Crippen molar-refractivity contribution in [2.24, 2.45) is 5.92 Å². The third kappa shape index (κ3) is 1.72. The maximum Gasteiger partial charge on any atom is 0.255 e. The third-order valence-electron chi connectivity index (χ3n) is 3.92. The van der Waals surface area contributed by atoms with E-state index in [0.29, 0.717) is 23.6 Å². The number of rotatable bonds is 1. The van der Waals surface area contributed by atoms with Gasteiger partial charge in [-0.1, -0.05) is 0 Å². The highest BCUT2D eigenvalue weighted by molar-refractivity contribution is 5.94. The number of hydrogen-bond acceptors (Lipinski definition) is 3. The molecule has 1 aromatic rings. The molecule has 1 N–H and O–H groups in total. The molecule has 2 fully saturated rings. The van der Waals surface area contributed by atoms with Crippen LogP contribution in [0.4, 0.5) is 0 Å². The zero-order valence-corrected chi connectivity index (χ0v) is 9.97. The summed E-state index contributed by atoms with van der Waals surface area (Å²) in [5.41, 5.74) is 0.701. The maximum absolute atomic E-state index is 12.5. The fourth-order valence-electron chi connectivity index (χ4n) is 3.15. The van der Waals surface area contributed by atoms with Crippen molar-refractivity contribution in [1.82, 2.24) is 15.2 Å². The lowest BCUT2D eigenvalue weighted by atomic mass is 10.0. The molecule has 2 aliphatic heterocycles. The molecule has 0 bridgehead atoms. The van der Waals surface area contributed by atoms with Crippen LogP contribution in [0, 0.1) is 5.92 Å². The Balaban J connectivity index is 1.86. The van der Waals surface area contributed by atoms with Gasteiger partial charge in [0.25, 0.3) is 5.91 Å². The summed E-state index contributed by atoms with van der Waals surface area (Å²) >= 11 is 0. The second-order valence-electron chi connectivity index (χ2n) is 5.02. The van der Waals surface area contributed by atoms with E-state index in [1.807, 2.05) is 17.0 Å². The molecule has 3 heterocycles. The van der Waals surface area contributed by atoms with Gasteiger partial charge >= 0.3 is 0 Å². The molecule has 3 rings (SSSR count). The van der Waals surface area contributed by atoms with Gasteiger partial charge in [-0.05, 0) is 31.4 Å². The van der Waals surface area contributed by atoms with E-state index in [1.165, 1.54) is 0 Å². The van der Waals surface area contributed by atoms with Crippen LogP contribution < -0.4 is 5.32 Å². The van der Waals surface area contributed by atoms with Crippen molar-refractivity contribution in [3.05, 3.63) is 30.1 Å². The van der Waals surface area contributed by atoms with Crippen molar-refractivity contribution in [2.45, 2.75) is 25.4 Å². The van der Waals surface area contributed by atoms with Gasteiger partial charge in [0.05, 0.1) is 5.56 Å². The lowest BCUT2D eigenvalue weighted by molar-refractivity contribution is 0.0681. The molecule has 90 valence electrons. The van der Waals surface area contributed by atoms with E-state index >= 15 is 0 Å². The summed E-state index contributed by atoms with van der Waals surface area (Å²) in [7, 11) is 0. The van der Waals surface area contributed by atoms with Gasteiger partial charge in [0.2, 0.25) is 0 Å². The number of hydrogen-bond donors (Lipinski definition) is 1. The highest BCUT2D eigenvalue weighted by Gasteiger charge is 2.44. The lowest BCUT2D eigenvalue weighted by Gasteiger charge is -2.27. The summed E-state index contributed by atoms with van der Waals surface area (Å²) < 4.78 is 0. The second-order valence-corrected chi connectivity index (χ2v) is 5.02. The summed E-state index contributed by atoms with van der Waals surface area (Å²) in [6.07, 6.45) is 4.47. The SMILES string of the molecule is CC1CC2CNCC2N1C(=O)c1cccnc1. The molecule has 0 radical (unpaired) electrons. The van der Waals surface area contributed by atoms with Crippen LogP contribution in [-0.4, -0.2) is 41.0 Å². The van der Waals surface area contributed by atoms with Crippen molar-refractivity contribution in [1.29, 1.82) is 0 Å². The molecule has 17 heavy (non-hydrogen) atoms. The monoisotopic (exact) mass is 231 g/mol. The van der Waals surface area contributed by atoms with Crippen molar-refractivity contribution < 1.29 is 4.79 Å². The molecule has 2 saturated heterocycles. The number of fused-ring (bicyclic) bond motifs is 1. The first-order chi connectivity index (χ1) is 8.27. The van der Waals surface area contributed by atoms with Crippen molar-refractivity contribution >= 4 is 5.91 Å². The largest absolute Gasteiger partial charge is 0.331 e. The molecule has 3 atom stereocenters. The first-order valence-electron chi connectivity index (χ1n) is 6.21. The van der Waals surface area contributed by atoms with E-state index in [9.17, 15) is 4.79 Å². The molecule has 2 aliphatic rings. The van der Waals surface area contributed by atoms with Crippen LogP contribution in [-0.2, 0) is 0 Å². The minimum atomic E-state index is 0.127. The van der Waals surface area contributed by atoms with Crippen LogP contribution in [0.1, 0.15) is 23.7 Å². The summed E-state index contributed by atoms with van der Waals surface area (Å²) in [6.45, 7) is 4.12. The van der Waals surface area contributed by atoms with Gasteiger partial charge in [-0.2, -0.15) is 0 Å². The van der Waals surface area contributed by atoms with Gasteiger partial charge in [-0.15, -0.1) is 0 Å². The van der Waals surface area contributed by atoms with Crippen LogP contribution in [0.5, 0.6) is 0 Å². The predicted molar refractivity (Wildman–Crippen MR) is 64.6 cm³/mol. The highest BCUT2D eigenvalue weighted by Crippen LogP contribution is 2.33. The van der Waals surface area contributed by atoms with Gasteiger partial charge in [0, 0.05) is 37.6 Å². The Morgan fingerprint density at radius 1 is 1.53 bits per heavy atom. The molecule has 0 aliphatic carbocycles. The summed E-state index contributed by atoms with van der Waals surface area (Å²) in [5, 5.41) is 3.37. The highest BCUT2D eigenvalue weighted by atomic mass is 16.2. The number of amides is 1. The Hall–Kier alpha value is -1.42. The number of aromatic nitrogens is 1. The summed E-state index contributed by atoms with van der Waals surface area (Å²) in [6, 6.07) is 4.38. The quantitative estimate of drug-likeness (QED) is 0.781. The van der Waals surface area contributed by atoms with Crippen LogP contribution in [0.25, 0.3) is 0 Å². The minimum absolute atomic E-state index is 0.127. The summed E-state index contributed by atoms with van der Waals surface area (Å²) in [5.74, 6) is 0.757. The number of pyridine rings is 1. The molecule has 4 heteroatoms. The molecule has 1 amide bonds. The van der Waals surface area contributed by atoms with Gasteiger partial charge in [-0.25, -0.2) is 0 Å². The van der Waals surface area contributed by atoms with E-state index in [1.54, 1.807) is 12.4 Å². The fourth-order valence-corrected chi connectivity index (χ4v) is 3.15. The minimum Gasteiger partial charge on any atom is -0.331 e. The Morgan fingerprint density at radius 3 is 3.18 bits per heavy atom. The molecule has 0 spiro atoms. The molecule has 0 aromatic carbocycles. The van der Waals surface area contributed by atoms with Gasteiger partial charge in [-0.3, -0.25) is 9.78 Å². The average molecular weight is 231 g/mol. The average Bonchev–Trinajstić information content (AvgIpc) is 2.89. The fraction of sp³-hybridized carbons (Fsp3) is 0.538. The third-order valence-corrected chi connectivity index (χ3v) is 3.92. The van der Waals surface area contributed by atoms with E-state index < -0.39 is 0 Å². The topological polar surface area (TPSA) is 45.2 Å². The number of likely N-dealkylation sites (tertiary alicyclic amines) is 1. The van der Waals surface area contributed by atoms with Crippen LogP contribution in [0.3, 0.4) is 0 Å². The number of carbonyl (C=O) groups is 1. The van der Waals surface area contributed by atoms with Crippen LogP contribution >= 0.6 is 0 Å². The molecule has 1 aromatic heterocycles. The number of nitrogens with one attached hydrogen (secondary N) is 1. The smallest absolute Gasteiger partial charge is 0.255 e. The number of carbonyl (C=O) groups excluding carboxylic acids is 1. The number of nitrogens with zero attached hydrogens (tertiary/aromatic N) is 2. The Morgan fingerprint density at radius 2 is 2.41 bits per heavy atom. The standard InChI is InChI=1S/C13H17N3O/c1-9-5-11-7-15-8-12(11)16(9)13(17)10-3-2-4-14-6-10/h2-4,6,9,11-12,15H,5,7-8H2,1H3. The zero-order valence-electron chi connectivity index (χ0n) is 9.97. The van der Waals surface area contributed by atoms with Crippen LogP contribution in [0.2, 0.25) is 0 Å². The van der Waals surface area contributed by atoms with Gasteiger partial charge in [0.1, 0.15) is 0 Å². The van der Waals surface area contributed by atoms with E-state index in [2.05, 4.69) is 17.2 Å². The molecule has 3 unspecified atom stereocenters. The zero-order chi connectivity index (χ0) is 11.8. The van der Waals surface area contributed by atoms with Crippen LogP contribution in [0.15, 0.2) is 24.5 Å². The normalized spacial score (nSPS) is 31.6. The lowest BCUT2D eigenvalue weighted by Crippen LogP contribution is -2.42. The first kappa shape index (κ1) is 10.7. The predicted octanol–water partition coefficient (Wildman–Crippen LogP) is 0.904. The van der Waals surface area contributed by atoms with Gasteiger partial charge in [0.15, 0.2) is 0 Å². The molecule has 4 nitrogen and oxygen atoms in total. The molecular weight excluding hydrogens is 214 g/mol. The Kier molecular flexibility index (Phi) is 2.59. The van der Waals surface area contributed by atoms with Crippen molar-refractivity contribution in [3.63, 3.8) is 0 Å². The first-order valence-corrected chi connectivity index (χ1v) is 6.21. The Bertz CT molecular complexity index is 420. The second kappa shape index (κ2) is 4.11. The molecule has 0 saturated carbocycles. The Labute approximate surface area is 101 Å². The summed E-state index contributed by atoms with van der Waals surface area (Å²) in [4.78, 5) is 18.5. The molecular formula is C13H17N3O. The van der Waals surface area contributed by atoms with E-state index in [-0.39, 0.29) is 5.91 Å². The maximum atomic E-state index is 12.5. The van der Waals surface area contributed by atoms with Crippen molar-refractivity contribution in [3.8, 4) is 0 Å². The van der Waals surface area contributed by atoms with Crippen molar-refractivity contribution in [2.75, 3.05) is 13.1 Å². The van der Waals surface area contributed by atoms with E-state index in [4.69, 9.17) is 0 Å². The van der Waals surface area contributed by atoms with E-state index in [0.717, 1.165) is 19.5 Å². The van der Waals surface area contributed by atoms with Gasteiger partial charge < -0.3 is 10.2 Å².